The second-order valence-corrected chi connectivity index (χ2v) is 13.6. The maximum atomic E-state index is 13.4. The number of para-hydroxylation sites is 3. The highest BCUT2D eigenvalue weighted by Crippen LogP contribution is 2.27. The normalized spacial score (nSPS) is 11.5. The summed E-state index contributed by atoms with van der Waals surface area (Å²) in [5, 5.41) is 33.9. The van der Waals surface area contributed by atoms with E-state index >= 15 is 0 Å². The zero-order valence-corrected chi connectivity index (χ0v) is 24.4. The first-order chi connectivity index (χ1) is 20.6. The summed E-state index contributed by atoms with van der Waals surface area (Å²) in [6, 6.07) is 16.8. The molecule has 18 nitrogen and oxygen atoms in total. The Hall–Kier alpha value is -5.17. The fourth-order valence-electron chi connectivity index (χ4n) is 3.57. The van der Waals surface area contributed by atoms with Gasteiger partial charge >= 0.3 is 0 Å². The Labute approximate surface area is 249 Å². The molecule has 0 atom stereocenters. The molecule has 2 N–H and O–H groups in total. The van der Waals surface area contributed by atoms with Crippen molar-refractivity contribution in [2.24, 2.45) is 0 Å². The van der Waals surface area contributed by atoms with Crippen molar-refractivity contribution in [2.45, 2.75) is 21.1 Å². The van der Waals surface area contributed by atoms with Gasteiger partial charge in [-0.05, 0) is 24.6 Å². The number of nitrogens with zero attached hydrogens (tertiary/aromatic N) is 4. The van der Waals surface area contributed by atoms with Gasteiger partial charge in [0.05, 0.1) is 14.8 Å². The quantitative estimate of drug-likeness (QED) is 0.0866. The smallest absolute Gasteiger partial charge is 0.258 e. The third-order valence-electron chi connectivity index (χ3n) is 5.53. The molecule has 0 amide bonds. The molecular formula is C23H20N6O12S3. The number of rotatable bonds is 13. The summed E-state index contributed by atoms with van der Waals surface area (Å²) in [5.41, 5.74) is -2.34. The van der Waals surface area contributed by atoms with Gasteiger partial charge in [-0.2, -0.15) is 0 Å². The van der Waals surface area contributed by atoms with Crippen molar-refractivity contribution in [3.63, 3.8) is 0 Å². The Morgan fingerprint density at radius 2 is 1.05 bits per heavy atom. The van der Waals surface area contributed by atoms with Gasteiger partial charge in [0.1, 0.15) is 0 Å². The monoisotopic (exact) mass is 668 g/mol. The Kier molecular flexibility index (Phi) is 10.2. The lowest BCUT2D eigenvalue weighted by Gasteiger charge is -2.18. The average Bonchev–Trinajstić information content (AvgIpc) is 2.98. The van der Waals surface area contributed by atoms with Crippen molar-refractivity contribution in [3.05, 3.63) is 103 Å². The molecule has 0 unspecified atom stereocenters. The predicted octanol–water partition coefficient (Wildman–Crippen LogP) is 1.67. The summed E-state index contributed by atoms with van der Waals surface area (Å²) in [6.45, 7) is -1.16. The summed E-state index contributed by atoms with van der Waals surface area (Å²) < 4.78 is 81.6. The zero-order chi connectivity index (χ0) is 32.7. The molecule has 0 aliphatic heterocycles. The van der Waals surface area contributed by atoms with Crippen molar-refractivity contribution >= 4 is 47.1 Å². The van der Waals surface area contributed by atoms with E-state index in [1.54, 1.807) is 4.72 Å². The minimum atomic E-state index is -4.86. The second-order valence-electron chi connectivity index (χ2n) is 8.35. The molecule has 44 heavy (non-hydrogen) atoms. The van der Waals surface area contributed by atoms with Crippen LogP contribution in [0.5, 0.6) is 0 Å². The van der Waals surface area contributed by atoms with E-state index in [9.17, 15) is 55.6 Å². The van der Waals surface area contributed by atoms with E-state index in [1.807, 2.05) is 12.1 Å². The van der Waals surface area contributed by atoms with E-state index in [0.717, 1.165) is 36.4 Å². The number of nitro groups is 3. The summed E-state index contributed by atoms with van der Waals surface area (Å²) in [6.07, 6.45) is -0.356. The van der Waals surface area contributed by atoms with Crippen LogP contribution in [0.25, 0.3) is 0 Å². The molecule has 232 valence electrons. The summed E-state index contributed by atoms with van der Waals surface area (Å²) >= 11 is 0. The lowest BCUT2D eigenvalue weighted by atomic mass is 10.3. The SMILES string of the molecule is O=[N+]([O-])c1ccccc1S(=O)(=O)NC#CN(CCCNS(=O)(=O)c1ccccc1[N+](=O)[O-])S(=O)(=O)c1ccccc1[N+](=O)[O-]. The molecular weight excluding hydrogens is 648 g/mol. The van der Waals surface area contributed by atoms with Crippen molar-refractivity contribution in [1.82, 2.24) is 13.7 Å². The third kappa shape index (κ3) is 7.61. The van der Waals surface area contributed by atoms with E-state index in [-0.39, 0.29) is 6.42 Å². The molecule has 0 aliphatic carbocycles. The van der Waals surface area contributed by atoms with Gasteiger partial charge in [-0.1, -0.05) is 36.4 Å². The molecule has 0 saturated heterocycles. The van der Waals surface area contributed by atoms with Gasteiger partial charge in [0.2, 0.25) is 10.0 Å². The second kappa shape index (κ2) is 13.4. The summed E-state index contributed by atoms with van der Waals surface area (Å²) in [4.78, 5) is 28.8. The first-order valence-corrected chi connectivity index (χ1v) is 16.3. The largest absolute Gasteiger partial charge is 0.289 e. The van der Waals surface area contributed by atoms with Crippen LogP contribution in [0.2, 0.25) is 0 Å². The maximum Gasteiger partial charge on any atom is 0.289 e. The van der Waals surface area contributed by atoms with Crippen molar-refractivity contribution in [2.75, 3.05) is 13.1 Å². The lowest BCUT2D eigenvalue weighted by molar-refractivity contribution is -0.388. The summed E-state index contributed by atoms with van der Waals surface area (Å²) in [5.74, 6) is 0. The molecule has 0 saturated carbocycles. The Morgan fingerprint density at radius 3 is 1.52 bits per heavy atom. The van der Waals surface area contributed by atoms with Crippen LogP contribution in [0, 0.1) is 42.4 Å². The Balaban J connectivity index is 1.92. The van der Waals surface area contributed by atoms with Gasteiger partial charge in [-0.3, -0.25) is 30.3 Å². The van der Waals surface area contributed by atoms with Crippen LogP contribution < -0.4 is 9.44 Å². The number of hydrogen-bond donors (Lipinski definition) is 2. The van der Waals surface area contributed by atoms with Crippen LogP contribution >= 0.6 is 0 Å². The maximum absolute atomic E-state index is 13.4. The van der Waals surface area contributed by atoms with Gasteiger partial charge in [0, 0.05) is 43.4 Å². The van der Waals surface area contributed by atoms with Crippen LogP contribution in [0.4, 0.5) is 17.1 Å². The minimum absolute atomic E-state index is 0.316. The predicted molar refractivity (Wildman–Crippen MR) is 151 cm³/mol. The number of nitro benzene ring substituents is 3. The van der Waals surface area contributed by atoms with Crippen molar-refractivity contribution < 1.29 is 40.0 Å². The van der Waals surface area contributed by atoms with Crippen LogP contribution in [0.3, 0.4) is 0 Å². The number of nitrogens with one attached hydrogen (secondary N) is 2. The van der Waals surface area contributed by atoms with Crippen molar-refractivity contribution in [1.29, 1.82) is 0 Å². The Bertz CT molecular complexity index is 2010. The van der Waals surface area contributed by atoms with E-state index in [1.165, 1.54) is 36.4 Å². The number of benzene rings is 3. The van der Waals surface area contributed by atoms with Crippen LogP contribution in [-0.4, -0.2) is 57.4 Å². The first-order valence-electron chi connectivity index (χ1n) is 11.8. The molecule has 0 radical (unpaired) electrons. The van der Waals surface area contributed by atoms with Gasteiger partial charge < -0.3 is 0 Å². The highest BCUT2D eigenvalue weighted by Gasteiger charge is 2.31. The first kappa shape index (κ1) is 33.3. The van der Waals surface area contributed by atoms with E-state index < -0.39 is 89.7 Å². The molecule has 0 bridgehead atoms. The van der Waals surface area contributed by atoms with Crippen molar-refractivity contribution in [3.8, 4) is 12.1 Å². The third-order valence-corrected chi connectivity index (χ3v) is 10.1. The summed E-state index contributed by atoms with van der Waals surface area (Å²) in [7, 11) is -14.0. The highest BCUT2D eigenvalue weighted by atomic mass is 32.2. The molecule has 0 aromatic heterocycles. The van der Waals surface area contributed by atoms with Gasteiger partial charge in [-0.15, -0.1) is 0 Å². The van der Waals surface area contributed by atoms with Gasteiger partial charge in [0.25, 0.3) is 37.1 Å². The zero-order valence-electron chi connectivity index (χ0n) is 22.0. The lowest BCUT2D eigenvalue weighted by Crippen LogP contribution is -2.32. The van der Waals surface area contributed by atoms with E-state index in [2.05, 4.69) is 4.72 Å². The van der Waals surface area contributed by atoms with Crippen LogP contribution in [0.1, 0.15) is 6.42 Å². The van der Waals surface area contributed by atoms with Crippen LogP contribution in [-0.2, 0) is 30.1 Å². The molecule has 3 aromatic rings. The molecule has 0 heterocycles. The standard InChI is InChI=1S/C23H20N6O12S3/c30-27(31)18-8-1-4-11-21(18)42(36,37)24-14-7-16-26(44(40,41)23-13-6-3-10-20(23)29(34)35)17-15-25-43(38,39)22-12-5-2-9-19(22)28(32)33/h1-6,8-13,24-25H,7,14,16H2. The molecule has 21 heteroatoms. The Morgan fingerprint density at radius 1 is 0.636 bits per heavy atom. The molecule has 0 spiro atoms. The minimum Gasteiger partial charge on any atom is -0.258 e. The molecule has 3 rings (SSSR count). The van der Waals surface area contributed by atoms with Gasteiger partial charge in [0.15, 0.2) is 14.7 Å². The molecule has 3 aromatic carbocycles. The number of sulfonamides is 3. The topological polar surface area (TPSA) is 259 Å². The van der Waals surface area contributed by atoms with E-state index in [0.29, 0.717) is 4.31 Å². The molecule has 0 fully saturated rings. The number of hydrogen-bond acceptors (Lipinski definition) is 12. The van der Waals surface area contributed by atoms with Crippen LogP contribution in [0.15, 0.2) is 87.5 Å². The molecule has 0 aliphatic rings. The fraction of sp³-hybridized carbons (Fsp3) is 0.130. The fourth-order valence-corrected chi connectivity index (χ4v) is 7.21. The highest BCUT2D eigenvalue weighted by molar-refractivity contribution is 7.90. The van der Waals surface area contributed by atoms with E-state index in [4.69, 9.17) is 0 Å². The van der Waals surface area contributed by atoms with Gasteiger partial charge in [-0.25, -0.2) is 39.0 Å². The average molecular weight is 669 g/mol.